The lowest BCUT2D eigenvalue weighted by molar-refractivity contribution is -0.137. The first kappa shape index (κ1) is 16.9. The molecule has 26 heavy (non-hydrogen) atoms. The van der Waals surface area contributed by atoms with E-state index in [4.69, 9.17) is 9.84 Å². The van der Waals surface area contributed by atoms with E-state index in [9.17, 15) is 13.2 Å². The van der Waals surface area contributed by atoms with Gasteiger partial charge in [0.25, 0.3) is 0 Å². The second-order valence-corrected chi connectivity index (χ2v) is 6.79. The first-order chi connectivity index (χ1) is 12.4. The Morgan fingerprint density at radius 2 is 1.85 bits per heavy atom. The van der Waals surface area contributed by atoms with Crippen LogP contribution in [0.4, 0.5) is 13.2 Å². The van der Waals surface area contributed by atoms with Crippen LogP contribution < -0.4 is 4.74 Å². The zero-order valence-corrected chi connectivity index (χ0v) is 14.5. The van der Waals surface area contributed by atoms with E-state index in [1.807, 2.05) is 30.3 Å². The molecule has 3 nitrogen and oxygen atoms in total. The Kier molecular flexibility index (Phi) is 3.93. The van der Waals surface area contributed by atoms with Crippen molar-refractivity contribution in [1.29, 1.82) is 0 Å². The highest BCUT2D eigenvalue weighted by Crippen LogP contribution is 2.43. The van der Waals surface area contributed by atoms with Crippen LogP contribution in [0.2, 0.25) is 0 Å². The van der Waals surface area contributed by atoms with E-state index in [1.165, 1.54) is 5.56 Å². The molecule has 0 saturated carbocycles. The molecule has 0 N–H and O–H groups in total. The van der Waals surface area contributed by atoms with Crippen LogP contribution in [0.3, 0.4) is 0 Å². The minimum absolute atomic E-state index is 0.0393. The van der Waals surface area contributed by atoms with Gasteiger partial charge in [-0.2, -0.15) is 18.3 Å². The summed E-state index contributed by atoms with van der Waals surface area (Å²) in [7, 11) is 3.53. The number of fused-ring (bicyclic) bond motifs is 3. The van der Waals surface area contributed by atoms with Gasteiger partial charge in [-0.1, -0.05) is 12.1 Å². The highest BCUT2D eigenvalue weighted by atomic mass is 19.4. The number of hydrazone groups is 1. The van der Waals surface area contributed by atoms with Crippen LogP contribution in [0.15, 0.2) is 47.6 Å². The van der Waals surface area contributed by atoms with Gasteiger partial charge in [-0.25, -0.2) is 0 Å². The average Bonchev–Trinajstić information content (AvgIpc) is 2.96. The van der Waals surface area contributed by atoms with Crippen molar-refractivity contribution in [3.8, 4) is 5.75 Å². The van der Waals surface area contributed by atoms with Gasteiger partial charge in [0.05, 0.1) is 24.4 Å². The number of alkyl halides is 3. The third kappa shape index (κ3) is 2.73. The van der Waals surface area contributed by atoms with Crippen molar-refractivity contribution in [3.63, 3.8) is 0 Å². The largest absolute Gasteiger partial charge is 0.497 e. The van der Waals surface area contributed by atoms with Gasteiger partial charge < -0.3 is 4.74 Å². The smallest absolute Gasteiger partial charge is 0.416 e. The summed E-state index contributed by atoms with van der Waals surface area (Å²) in [5, 5.41) is 6.60. The van der Waals surface area contributed by atoms with Crippen LogP contribution in [0.25, 0.3) is 0 Å². The Balaban J connectivity index is 1.66. The molecule has 1 aliphatic heterocycles. The third-order valence-electron chi connectivity index (χ3n) is 5.29. The molecule has 4 rings (SSSR count). The molecule has 1 heterocycles. The number of halogens is 3. The van der Waals surface area contributed by atoms with Crippen LogP contribution in [-0.4, -0.2) is 24.9 Å². The second kappa shape index (κ2) is 6.04. The predicted octanol–water partition coefficient (Wildman–Crippen LogP) is 4.67. The number of hydrogen-bond acceptors (Lipinski definition) is 3. The van der Waals surface area contributed by atoms with Gasteiger partial charge in [-0.05, 0) is 54.3 Å². The fraction of sp³-hybridized carbons (Fsp3) is 0.350. The molecule has 6 heteroatoms. The Morgan fingerprint density at radius 3 is 2.50 bits per heavy atom. The third-order valence-corrected chi connectivity index (χ3v) is 5.29. The first-order valence-electron chi connectivity index (χ1n) is 8.54. The average molecular weight is 360 g/mol. The zero-order chi connectivity index (χ0) is 18.5. The summed E-state index contributed by atoms with van der Waals surface area (Å²) in [6.45, 7) is 0. The Morgan fingerprint density at radius 1 is 1.12 bits per heavy atom. The minimum Gasteiger partial charge on any atom is -0.497 e. The lowest BCUT2D eigenvalue weighted by Gasteiger charge is -2.29. The van der Waals surface area contributed by atoms with Gasteiger partial charge in [0, 0.05) is 18.5 Å². The molecule has 2 atom stereocenters. The molecule has 0 saturated heterocycles. The Bertz CT molecular complexity index is 858. The van der Waals surface area contributed by atoms with E-state index >= 15 is 0 Å². The van der Waals surface area contributed by atoms with Gasteiger partial charge in [-0.15, -0.1) is 0 Å². The number of rotatable bonds is 2. The Labute approximate surface area is 150 Å². The van der Waals surface area contributed by atoms with Gasteiger partial charge in [-0.3, -0.25) is 5.01 Å². The maximum Gasteiger partial charge on any atom is 0.416 e. The number of nitrogens with zero attached hydrogens (tertiary/aromatic N) is 2. The summed E-state index contributed by atoms with van der Waals surface area (Å²) in [6, 6.07) is 11.4. The van der Waals surface area contributed by atoms with Crippen molar-refractivity contribution in [2.45, 2.75) is 25.1 Å². The Hall–Kier alpha value is -2.50. The molecule has 2 aromatic carbocycles. The topological polar surface area (TPSA) is 24.8 Å². The number of hydrogen-bond donors (Lipinski definition) is 0. The second-order valence-electron chi connectivity index (χ2n) is 6.79. The van der Waals surface area contributed by atoms with Crippen molar-refractivity contribution in [2.75, 3.05) is 14.2 Å². The van der Waals surface area contributed by atoms with E-state index in [1.54, 1.807) is 19.2 Å². The summed E-state index contributed by atoms with van der Waals surface area (Å²) in [6.07, 6.45) is -2.50. The molecule has 0 radical (unpaired) electrons. The fourth-order valence-electron chi connectivity index (χ4n) is 4.05. The molecular formula is C20H19F3N2O. The van der Waals surface area contributed by atoms with Crippen molar-refractivity contribution >= 4 is 5.71 Å². The summed E-state index contributed by atoms with van der Waals surface area (Å²) >= 11 is 0. The molecule has 0 spiro atoms. The van der Waals surface area contributed by atoms with Crippen LogP contribution in [0.1, 0.15) is 34.7 Å². The van der Waals surface area contributed by atoms with Gasteiger partial charge >= 0.3 is 6.18 Å². The molecule has 0 fully saturated rings. The molecule has 2 aliphatic rings. The molecule has 0 aromatic heterocycles. The normalized spacial score (nSPS) is 21.9. The lowest BCUT2D eigenvalue weighted by Crippen LogP contribution is -2.27. The maximum atomic E-state index is 12.8. The number of aryl methyl sites for hydroxylation is 1. The summed E-state index contributed by atoms with van der Waals surface area (Å²) in [5.74, 6) is 1.01. The summed E-state index contributed by atoms with van der Waals surface area (Å²) in [4.78, 5) is 0. The summed E-state index contributed by atoms with van der Waals surface area (Å²) < 4.78 is 43.8. The van der Waals surface area contributed by atoms with Crippen LogP contribution in [-0.2, 0) is 12.6 Å². The number of benzene rings is 2. The molecule has 2 aromatic rings. The van der Waals surface area contributed by atoms with E-state index in [-0.39, 0.29) is 12.0 Å². The molecule has 0 bridgehead atoms. The van der Waals surface area contributed by atoms with Crippen molar-refractivity contribution in [3.05, 3.63) is 64.7 Å². The quantitative estimate of drug-likeness (QED) is 0.778. The first-order valence-corrected chi connectivity index (χ1v) is 8.54. The molecular weight excluding hydrogens is 341 g/mol. The van der Waals surface area contributed by atoms with E-state index in [0.29, 0.717) is 0 Å². The van der Waals surface area contributed by atoms with Gasteiger partial charge in [0.15, 0.2) is 0 Å². The number of methoxy groups -OCH3 is 1. The standard InChI is InChI=1S/C20H19F3N2O/c1-25-19(12-3-6-14(7-4-12)20(21,22)23)17-9-5-13-11-15(26-2)8-10-16(13)18(17)24-25/h3-4,6-8,10-11,17,19H,5,9H2,1-2H3/t17-,19+/m0/s1. The van der Waals surface area contributed by atoms with Gasteiger partial charge in [0.2, 0.25) is 0 Å². The predicted molar refractivity (Wildman–Crippen MR) is 93.3 cm³/mol. The van der Waals surface area contributed by atoms with E-state index < -0.39 is 11.7 Å². The van der Waals surface area contributed by atoms with Crippen LogP contribution in [0, 0.1) is 5.92 Å². The molecule has 136 valence electrons. The van der Waals surface area contributed by atoms with Crippen molar-refractivity contribution < 1.29 is 17.9 Å². The van der Waals surface area contributed by atoms with Crippen LogP contribution >= 0.6 is 0 Å². The number of ether oxygens (including phenoxy) is 1. The van der Waals surface area contributed by atoms with E-state index in [2.05, 4.69) is 0 Å². The molecule has 0 amide bonds. The SMILES string of the molecule is COc1ccc2c(c1)CC[C@H]1C2=NN(C)[C@@H]1c1ccc(C(F)(F)F)cc1. The minimum atomic E-state index is -4.31. The highest BCUT2D eigenvalue weighted by molar-refractivity contribution is 6.05. The van der Waals surface area contributed by atoms with Crippen molar-refractivity contribution in [2.24, 2.45) is 11.0 Å². The zero-order valence-electron chi connectivity index (χ0n) is 14.5. The fourth-order valence-corrected chi connectivity index (χ4v) is 4.05. The maximum absolute atomic E-state index is 12.8. The highest BCUT2D eigenvalue weighted by Gasteiger charge is 2.40. The lowest BCUT2D eigenvalue weighted by atomic mass is 9.77. The monoisotopic (exact) mass is 360 g/mol. The molecule has 0 unspecified atom stereocenters. The van der Waals surface area contributed by atoms with Crippen LogP contribution in [0.5, 0.6) is 5.75 Å². The van der Waals surface area contributed by atoms with E-state index in [0.717, 1.165) is 47.6 Å². The molecule has 1 aliphatic carbocycles. The van der Waals surface area contributed by atoms with Gasteiger partial charge in [0.1, 0.15) is 5.75 Å². The van der Waals surface area contributed by atoms with Crippen molar-refractivity contribution in [1.82, 2.24) is 5.01 Å². The summed E-state index contributed by atoms with van der Waals surface area (Å²) in [5.41, 5.74) is 3.58.